The number of hydrogen-bond donors (Lipinski definition) is 1. The standard InChI is InChI=1S/C23H24F2N2O4/c1-27(23(28)12-7-19(29-2)22(31-4)20(8-12)30-3)14-5-6-18-15(11-14)16-9-13(24)10-17(25)21(16)26-18/h7-10,14,26H,5-6,11H2,1-4H3. The number of nitrogens with zero attached hydrogens (tertiary/aromatic N) is 1. The highest BCUT2D eigenvalue weighted by Gasteiger charge is 2.30. The Balaban J connectivity index is 1.64. The summed E-state index contributed by atoms with van der Waals surface area (Å²) in [6.45, 7) is 0. The van der Waals surface area contributed by atoms with Gasteiger partial charge in [0.1, 0.15) is 11.6 Å². The van der Waals surface area contributed by atoms with Crippen molar-refractivity contribution in [2.45, 2.75) is 25.3 Å². The van der Waals surface area contributed by atoms with E-state index in [9.17, 15) is 13.6 Å². The van der Waals surface area contributed by atoms with Gasteiger partial charge in [-0.1, -0.05) is 0 Å². The van der Waals surface area contributed by atoms with E-state index in [-0.39, 0.29) is 11.9 Å². The summed E-state index contributed by atoms with van der Waals surface area (Å²) < 4.78 is 44.0. The number of carbonyl (C=O) groups is 1. The minimum Gasteiger partial charge on any atom is -0.493 e. The molecule has 8 heteroatoms. The summed E-state index contributed by atoms with van der Waals surface area (Å²) in [5.41, 5.74) is 2.46. The summed E-state index contributed by atoms with van der Waals surface area (Å²) in [5, 5.41) is 0.533. The van der Waals surface area contributed by atoms with Gasteiger partial charge in [0.05, 0.1) is 26.8 Å². The maximum Gasteiger partial charge on any atom is 0.254 e. The number of methoxy groups -OCH3 is 3. The van der Waals surface area contributed by atoms with E-state index in [4.69, 9.17) is 14.2 Å². The first-order chi connectivity index (χ1) is 14.9. The molecule has 1 heterocycles. The Morgan fingerprint density at radius 1 is 1.06 bits per heavy atom. The Kier molecular flexibility index (Phi) is 5.47. The van der Waals surface area contributed by atoms with Crippen molar-refractivity contribution in [3.63, 3.8) is 0 Å². The molecule has 4 rings (SSSR count). The van der Waals surface area contributed by atoms with Crippen LogP contribution in [0.5, 0.6) is 17.2 Å². The number of fused-ring (bicyclic) bond motifs is 3. The van der Waals surface area contributed by atoms with Crippen LogP contribution < -0.4 is 14.2 Å². The third-order valence-corrected chi connectivity index (χ3v) is 5.97. The Hall–Kier alpha value is -3.29. The van der Waals surface area contributed by atoms with Crippen LogP contribution in [-0.4, -0.2) is 50.2 Å². The zero-order valence-corrected chi connectivity index (χ0v) is 17.8. The monoisotopic (exact) mass is 430 g/mol. The zero-order chi connectivity index (χ0) is 22.3. The van der Waals surface area contributed by atoms with Gasteiger partial charge in [-0.15, -0.1) is 0 Å². The summed E-state index contributed by atoms with van der Waals surface area (Å²) in [6.07, 6.45) is 1.85. The fraction of sp³-hybridized carbons (Fsp3) is 0.348. The van der Waals surface area contributed by atoms with Gasteiger partial charge in [-0.25, -0.2) is 8.78 Å². The average Bonchev–Trinajstić information content (AvgIpc) is 3.15. The maximum absolute atomic E-state index is 14.2. The van der Waals surface area contributed by atoms with Crippen molar-refractivity contribution < 1.29 is 27.8 Å². The lowest BCUT2D eigenvalue weighted by Gasteiger charge is -2.31. The third-order valence-electron chi connectivity index (χ3n) is 5.97. The van der Waals surface area contributed by atoms with Crippen LogP contribution in [-0.2, 0) is 12.8 Å². The highest BCUT2D eigenvalue weighted by molar-refractivity contribution is 5.96. The van der Waals surface area contributed by atoms with Gasteiger partial charge >= 0.3 is 0 Å². The second-order valence-corrected chi connectivity index (χ2v) is 7.62. The Bertz CT molecular complexity index is 1130. The number of H-pyrrole nitrogens is 1. The number of likely N-dealkylation sites (N-methyl/N-ethyl adjacent to an activating group) is 1. The maximum atomic E-state index is 14.2. The van der Waals surface area contributed by atoms with E-state index >= 15 is 0 Å². The number of rotatable bonds is 5. The smallest absolute Gasteiger partial charge is 0.254 e. The van der Waals surface area contributed by atoms with Gasteiger partial charge in [-0.3, -0.25) is 4.79 Å². The minimum absolute atomic E-state index is 0.121. The first-order valence-corrected chi connectivity index (χ1v) is 9.93. The number of carbonyl (C=O) groups excluding carboxylic acids is 1. The summed E-state index contributed by atoms with van der Waals surface area (Å²) >= 11 is 0. The number of halogens is 2. The molecule has 0 bridgehead atoms. The number of nitrogens with one attached hydrogen (secondary N) is 1. The van der Waals surface area contributed by atoms with Gasteiger partial charge in [-0.05, 0) is 43.0 Å². The van der Waals surface area contributed by atoms with Crippen LogP contribution in [0.3, 0.4) is 0 Å². The van der Waals surface area contributed by atoms with Crippen molar-refractivity contribution in [1.82, 2.24) is 9.88 Å². The fourth-order valence-corrected chi connectivity index (χ4v) is 4.33. The van der Waals surface area contributed by atoms with Crippen molar-refractivity contribution >= 4 is 16.8 Å². The van der Waals surface area contributed by atoms with Crippen LogP contribution in [0.1, 0.15) is 28.0 Å². The molecule has 1 aromatic heterocycles. The van der Waals surface area contributed by atoms with Crippen LogP contribution >= 0.6 is 0 Å². The molecular formula is C23H24F2N2O4. The molecule has 3 aromatic rings. The lowest BCUT2D eigenvalue weighted by molar-refractivity contribution is 0.0718. The van der Waals surface area contributed by atoms with E-state index in [0.29, 0.717) is 53.0 Å². The number of hydrogen-bond acceptors (Lipinski definition) is 4. The SMILES string of the molecule is COc1cc(C(=O)N(C)C2CCc3[nH]c4c(F)cc(F)cc4c3C2)cc(OC)c1OC. The van der Waals surface area contributed by atoms with Gasteiger partial charge < -0.3 is 24.1 Å². The lowest BCUT2D eigenvalue weighted by Crippen LogP contribution is -2.40. The molecule has 1 unspecified atom stereocenters. The molecular weight excluding hydrogens is 406 g/mol. The summed E-state index contributed by atoms with van der Waals surface area (Å²) in [4.78, 5) is 18.0. The quantitative estimate of drug-likeness (QED) is 0.662. The lowest BCUT2D eigenvalue weighted by atomic mass is 9.90. The molecule has 0 saturated carbocycles. The molecule has 164 valence electrons. The molecule has 1 aliphatic rings. The third kappa shape index (κ3) is 3.56. The molecule has 1 aliphatic carbocycles. The first-order valence-electron chi connectivity index (χ1n) is 9.93. The molecule has 0 saturated heterocycles. The van der Waals surface area contributed by atoms with Crippen LogP contribution in [0, 0.1) is 11.6 Å². The Labute approximate surface area is 178 Å². The van der Waals surface area contributed by atoms with Crippen molar-refractivity contribution in [3.05, 3.63) is 52.7 Å². The second-order valence-electron chi connectivity index (χ2n) is 7.62. The molecule has 0 spiro atoms. The largest absolute Gasteiger partial charge is 0.493 e. The molecule has 0 aliphatic heterocycles. The van der Waals surface area contributed by atoms with Crippen LogP contribution in [0.2, 0.25) is 0 Å². The highest BCUT2D eigenvalue weighted by atomic mass is 19.1. The highest BCUT2D eigenvalue weighted by Crippen LogP contribution is 2.39. The molecule has 6 nitrogen and oxygen atoms in total. The minimum atomic E-state index is -0.615. The number of amides is 1. The second kappa shape index (κ2) is 8.09. The number of ether oxygens (including phenoxy) is 3. The van der Waals surface area contributed by atoms with Gasteiger partial charge in [0.25, 0.3) is 5.91 Å². The van der Waals surface area contributed by atoms with E-state index in [1.807, 2.05) is 0 Å². The average molecular weight is 430 g/mol. The first kappa shape index (κ1) is 21.0. The van der Waals surface area contributed by atoms with E-state index in [0.717, 1.165) is 17.3 Å². The predicted molar refractivity (Wildman–Crippen MR) is 112 cm³/mol. The number of benzene rings is 2. The summed E-state index contributed by atoms with van der Waals surface area (Å²) in [5.74, 6) is -0.225. The van der Waals surface area contributed by atoms with E-state index in [1.165, 1.54) is 27.4 Å². The Morgan fingerprint density at radius 2 is 1.74 bits per heavy atom. The van der Waals surface area contributed by atoms with E-state index in [1.54, 1.807) is 24.1 Å². The molecule has 31 heavy (non-hydrogen) atoms. The van der Waals surface area contributed by atoms with Crippen molar-refractivity contribution in [3.8, 4) is 17.2 Å². The van der Waals surface area contributed by atoms with E-state index in [2.05, 4.69) is 4.98 Å². The van der Waals surface area contributed by atoms with Gasteiger partial charge in [0.2, 0.25) is 5.75 Å². The normalized spacial score (nSPS) is 15.5. The number of aromatic nitrogens is 1. The summed E-state index contributed by atoms with van der Waals surface area (Å²) in [7, 11) is 6.22. The summed E-state index contributed by atoms with van der Waals surface area (Å²) in [6, 6.07) is 5.33. The van der Waals surface area contributed by atoms with Crippen LogP contribution in [0.25, 0.3) is 10.9 Å². The number of aryl methyl sites for hydroxylation is 1. The van der Waals surface area contributed by atoms with Gasteiger partial charge in [0, 0.05) is 35.8 Å². The van der Waals surface area contributed by atoms with Crippen molar-refractivity contribution in [1.29, 1.82) is 0 Å². The molecule has 1 amide bonds. The van der Waals surface area contributed by atoms with E-state index < -0.39 is 11.6 Å². The molecule has 0 fully saturated rings. The molecule has 2 aromatic carbocycles. The van der Waals surface area contributed by atoms with Gasteiger partial charge in [-0.2, -0.15) is 0 Å². The molecule has 0 radical (unpaired) electrons. The topological polar surface area (TPSA) is 63.8 Å². The van der Waals surface area contributed by atoms with Crippen LogP contribution in [0.4, 0.5) is 8.78 Å². The number of aromatic amines is 1. The van der Waals surface area contributed by atoms with Crippen molar-refractivity contribution in [2.75, 3.05) is 28.4 Å². The molecule has 1 atom stereocenters. The Morgan fingerprint density at radius 3 is 2.35 bits per heavy atom. The van der Waals surface area contributed by atoms with Crippen LogP contribution in [0.15, 0.2) is 24.3 Å². The van der Waals surface area contributed by atoms with Gasteiger partial charge in [0.15, 0.2) is 11.5 Å². The zero-order valence-electron chi connectivity index (χ0n) is 17.8. The predicted octanol–water partition coefficient (Wildman–Crippen LogP) is 4.10. The fourth-order valence-electron chi connectivity index (χ4n) is 4.33. The van der Waals surface area contributed by atoms with Crippen molar-refractivity contribution in [2.24, 2.45) is 0 Å². The molecule has 1 N–H and O–H groups in total.